The summed E-state index contributed by atoms with van der Waals surface area (Å²) in [6.45, 7) is 1.37. The summed E-state index contributed by atoms with van der Waals surface area (Å²) < 4.78 is 17.4. The van der Waals surface area contributed by atoms with E-state index < -0.39 is 5.82 Å². The molecule has 6 heteroatoms. The molecule has 0 saturated carbocycles. The largest absolute Gasteiger partial charge is 0.469 e. The Kier molecular flexibility index (Phi) is 3.51. The maximum atomic E-state index is 12.7. The van der Waals surface area contributed by atoms with Gasteiger partial charge in [-0.2, -0.15) is 0 Å². The minimum atomic E-state index is -0.446. The van der Waals surface area contributed by atoms with Gasteiger partial charge in [-0.1, -0.05) is 0 Å². The number of hydrogen-bond acceptors (Lipinski definition) is 5. The van der Waals surface area contributed by atoms with Crippen LogP contribution in [0.1, 0.15) is 12.8 Å². The third-order valence-corrected chi connectivity index (χ3v) is 2.92. The third kappa shape index (κ3) is 2.69. The zero-order chi connectivity index (χ0) is 12.3. The van der Waals surface area contributed by atoms with Crippen LogP contribution < -0.4 is 4.90 Å². The van der Waals surface area contributed by atoms with Crippen LogP contribution in [0.25, 0.3) is 0 Å². The Morgan fingerprint density at radius 2 is 2.00 bits per heavy atom. The molecule has 0 atom stereocenters. The van der Waals surface area contributed by atoms with Crippen LogP contribution in [0.5, 0.6) is 0 Å². The minimum Gasteiger partial charge on any atom is -0.469 e. The summed E-state index contributed by atoms with van der Waals surface area (Å²) in [7, 11) is 1.40. The van der Waals surface area contributed by atoms with E-state index in [-0.39, 0.29) is 11.9 Å². The molecule has 2 rings (SSSR count). The predicted molar refractivity (Wildman–Crippen MR) is 58.9 cm³/mol. The van der Waals surface area contributed by atoms with E-state index >= 15 is 0 Å². The smallest absolute Gasteiger partial charge is 0.308 e. The lowest BCUT2D eigenvalue weighted by Crippen LogP contribution is -2.37. The van der Waals surface area contributed by atoms with Gasteiger partial charge in [0.1, 0.15) is 0 Å². The first-order chi connectivity index (χ1) is 8.20. The Bertz CT molecular complexity index is 388. The first-order valence-electron chi connectivity index (χ1n) is 5.51. The van der Waals surface area contributed by atoms with Crippen molar-refractivity contribution in [2.75, 3.05) is 25.1 Å². The number of carbonyl (C=O) groups is 1. The van der Waals surface area contributed by atoms with Crippen LogP contribution in [0.3, 0.4) is 0 Å². The molecule has 0 radical (unpaired) electrons. The molecule has 1 aliphatic rings. The normalized spacial score (nSPS) is 16.9. The fraction of sp³-hybridized carbons (Fsp3) is 0.545. The van der Waals surface area contributed by atoms with Crippen molar-refractivity contribution in [1.82, 2.24) is 9.97 Å². The zero-order valence-corrected chi connectivity index (χ0v) is 9.60. The van der Waals surface area contributed by atoms with Crippen LogP contribution >= 0.6 is 0 Å². The summed E-state index contributed by atoms with van der Waals surface area (Å²) >= 11 is 0. The Labute approximate surface area is 98.6 Å². The minimum absolute atomic E-state index is 0.0447. The van der Waals surface area contributed by atoms with E-state index in [4.69, 9.17) is 4.74 Å². The number of methoxy groups -OCH3 is 1. The molecule has 0 N–H and O–H groups in total. The van der Waals surface area contributed by atoms with Crippen molar-refractivity contribution >= 4 is 11.9 Å². The third-order valence-electron chi connectivity index (χ3n) is 2.92. The Morgan fingerprint density at radius 1 is 1.41 bits per heavy atom. The van der Waals surface area contributed by atoms with Gasteiger partial charge in [-0.05, 0) is 12.8 Å². The number of rotatable bonds is 2. The fourth-order valence-corrected chi connectivity index (χ4v) is 1.95. The molecule has 5 nitrogen and oxygen atoms in total. The molecule has 0 amide bonds. The van der Waals surface area contributed by atoms with Crippen LogP contribution in [-0.4, -0.2) is 36.1 Å². The van der Waals surface area contributed by atoms with Crippen LogP contribution in [0.2, 0.25) is 0 Å². The fourth-order valence-electron chi connectivity index (χ4n) is 1.95. The lowest BCUT2D eigenvalue weighted by Gasteiger charge is -2.30. The van der Waals surface area contributed by atoms with Crippen molar-refractivity contribution in [3.8, 4) is 0 Å². The zero-order valence-electron chi connectivity index (χ0n) is 9.60. The molecule has 1 aromatic heterocycles. The van der Waals surface area contributed by atoms with E-state index in [1.54, 1.807) is 0 Å². The number of halogens is 1. The molecule has 0 aromatic carbocycles. The van der Waals surface area contributed by atoms with Gasteiger partial charge in [0.25, 0.3) is 0 Å². The van der Waals surface area contributed by atoms with Gasteiger partial charge >= 0.3 is 5.97 Å². The predicted octanol–water partition coefficient (Wildman–Crippen LogP) is 1.01. The summed E-state index contributed by atoms with van der Waals surface area (Å²) in [5, 5.41) is 0. The quantitative estimate of drug-likeness (QED) is 0.721. The summed E-state index contributed by atoms with van der Waals surface area (Å²) in [5.74, 6) is -0.144. The molecule has 0 aliphatic carbocycles. The van der Waals surface area contributed by atoms with Crippen LogP contribution in [0, 0.1) is 11.7 Å². The molecule has 1 aliphatic heterocycles. The van der Waals surface area contributed by atoms with E-state index in [0.717, 1.165) is 12.4 Å². The molecular formula is C11H14FN3O2. The average Bonchev–Trinajstić information content (AvgIpc) is 2.39. The maximum absolute atomic E-state index is 12.7. The molecule has 2 heterocycles. The van der Waals surface area contributed by atoms with Crippen molar-refractivity contribution < 1.29 is 13.9 Å². The van der Waals surface area contributed by atoms with E-state index in [1.165, 1.54) is 7.11 Å². The highest BCUT2D eigenvalue weighted by molar-refractivity contribution is 5.72. The molecule has 17 heavy (non-hydrogen) atoms. The average molecular weight is 239 g/mol. The highest BCUT2D eigenvalue weighted by Gasteiger charge is 2.26. The van der Waals surface area contributed by atoms with Gasteiger partial charge in [0.05, 0.1) is 25.4 Å². The molecular weight excluding hydrogens is 225 g/mol. The highest BCUT2D eigenvalue weighted by atomic mass is 19.1. The van der Waals surface area contributed by atoms with Gasteiger partial charge in [-0.25, -0.2) is 14.4 Å². The van der Waals surface area contributed by atoms with Crippen molar-refractivity contribution in [3.63, 3.8) is 0 Å². The van der Waals surface area contributed by atoms with Crippen molar-refractivity contribution in [2.24, 2.45) is 5.92 Å². The second kappa shape index (κ2) is 5.07. The van der Waals surface area contributed by atoms with Gasteiger partial charge in [-0.15, -0.1) is 0 Å². The van der Waals surface area contributed by atoms with Crippen LogP contribution in [0.4, 0.5) is 10.3 Å². The summed E-state index contributed by atoms with van der Waals surface area (Å²) in [6.07, 6.45) is 3.73. The second-order valence-corrected chi connectivity index (χ2v) is 3.99. The van der Waals surface area contributed by atoms with Crippen molar-refractivity contribution in [2.45, 2.75) is 12.8 Å². The monoisotopic (exact) mass is 239 g/mol. The Hall–Kier alpha value is -1.72. The van der Waals surface area contributed by atoms with E-state index in [0.29, 0.717) is 31.9 Å². The van der Waals surface area contributed by atoms with Gasteiger partial charge in [-0.3, -0.25) is 4.79 Å². The molecule has 0 unspecified atom stereocenters. The van der Waals surface area contributed by atoms with Crippen LogP contribution in [0.15, 0.2) is 12.4 Å². The number of nitrogens with zero attached hydrogens (tertiary/aromatic N) is 3. The van der Waals surface area contributed by atoms with Crippen LogP contribution in [-0.2, 0) is 9.53 Å². The SMILES string of the molecule is COC(=O)C1CCN(c2ncc(F)cn2)CC1. The van der Waals surface area contributed by atoms with Gasteiger partial charge < -0.3 is 9.64 Å². The number of anilines is 1. The number of carbonyl (C=O) groups excluding carboxylic acids is 1. The second-order valence-electron chi connectivity index (χ2n) is 3.99. The first-order valence-corrected chi connectivity index (χ1v) is 5.51. The highest BCUT2D eigenvalue weighted by Crippen LogP contribution is 2.21. The lowest BCUT2D eigenvalue weighted by atomic mass is 9.97. The topological polar surface area (TPSA) is 55.3 Å². The number of hydrogen-bond donors (Lipinski definition) is 0. The summed E-state index contributed by atoms with van der Waals surface area (Å²) in [6, 6.07) is 0. The van der Waals surface area contributed by atoms with Gasteiger partial charge in [0.2, 0.25) is 5.95 Å². The Morgan fingerprint density at radius 3 is 2.53 bits per heavy atom. The standard InChI is InChI=1S/C11H14FN3O2/c1-17-10(16)8-2-4-15(5-3-8)11-13-6-9(12)7-14-11/h6-8H,2-5H2,1H3. The number of piperidine rings is 1. The number of aromatic nitrogens is 2. The molecule has 1 saturated heterocycles. The molecule has 0 bridgehead atoms. The molecule has 0 spiro atoms. The summed E-state index contributed by atoms with van der Waals surface area (Å²) in [5.41, 5.74) is 0. The lowest BCUT2D eigenvalue weighted by molar-refractivity contribution is -0.146. The van der Waals surface area contributed by atoms with Crippen molar-refractivity contribution in [3.05, 3.63) is 18.2 Å². The van der Waals surface area contributed by atoms with Gasteiger partial charge in [0, 0.05) is 13.1 Å². The van der Waals surface area contributed by atoms with Gasteiger partial charge in [0.15, 0.2) is 5.82 Å². The summed E-state index contributed by atoms with van der Waals surface area (Å²) in [4.78, 5) is 21.1. The molecule has 92 valence electrons. The van der Waals surface area contributed by atoms with E-state index in [9.17, 15) is 9.18 Å². The maximum Gasteiger partial charge on any atom is 0.308 e. The first kappa shape index (κ1) is 11.8. The number of ether oxygens (including phenoxy) is 1. The van der Waals surface area contributed by atoms with E-state index in [2.05, 4.69) is 9.97 Å². The molecule has 1 aromatic rings. The Balaban J connectivity index is 1.95. The molecule has 1 fully saturated rings. The van der Waals surface area contributed by atoms with Crippen molar-refractivity contribution in [1.29, 1.82) is 0 Å². The number of esters is 1. The van der Waals surface area contributed by atoms with E-state index in [1.807, 2.05) is 4.90 Å².